The predicted octanol–water partition coefficient (Wildman–Crippen LogP) is 2.98. The van der Waals surface area contributed by atoms with Crippen LogP contribution in [0.4, 0.5) is 0 Å². The first-order chi connectivity index (χ1) is 14.4. The molecule has 0 heterocycles. The van der Waals surface area contributed by atoms with E-state index >= 15 is 0 Å². The molecule has 0 aliphatic heterocycles. The van der Waals surface area contributed by atoms with Crippen molar-refractivity contribution < 1.29 is 28.6 Å². The van der Waals surface area contributed by atoms with Crippen LogP contribution < -0.4 is 14.8 Å². The number of Topliss-reactive ketones (excluding diaryl/α,β-unsaturated/α-hetero) is 1. The zero-order valence-electron chi connectivity index (χ0n) is 17.7. The van der Waals surface area contributed by atoms with Gasteiger partial charge in [0.05, 0.1) is 14.2 Å². The molecule has 0 saturated heterocycles. The lowest BCUT2D eigenvalue weighted by Gasteiger charge is -2.11. The van der Waals surface area contributed by atoms with E-state index in [1.165, 1.54) is 26.4 Å². The molecule has 2 aromatic carbocycles. The van der Waals surface area contributed by atoms with Gasteiger partial charge in [-0.3, -0.25) is 14.4 Å². The number of carbonyl (C=O) groups is 3. The van der Waals surface area contributed by atoms with Crippen molar-refractivity contribution in [2.24, 2.45) is 0 Å². The number of aryl methyl sites for hydroxylation is 2. The van der Waals surface area contributed by atoms with Crippen LogP contribution in [0, 0.1) is 0 Å². The molecule has 0 bridgehead atoms. The van der Waals surface area contributed by atoms with Crippen molar-refractivity contribution in [3.63, 3.8) is 0 Å². The third-order valence-electron chi connectivity index (χ3n) is 4.64. The third kappa shape index (κ3) is 6.07. The van der Waals surface area contributed by atoms with Crippen molar-refractivity contribution in [1.82, 2.24) is 5.32 Å². The maximum absolute atomic E-state index is 12.5. The van der Waals surface area contributed by atoms with E-state index in [4.69, 9.17) is 14.2 Å². The van der Waals surface area contributed by atoms with E-state index < -0.39 is 11.9 Å². The number of benzene rings is 2. The highest BCUT2D eigenvalue weighted by atomic mass is 16.5. The number of esters is 1. The topological polar surface area (TPSA) is 90.9 Å². The molecular formula is C23H27NO6. The first-order valence-corrected chi connectivity index (χ1v) is 9.73. The Balaban J connectivity index is 1.92. The summed E-state index contributed by atoms with van der Waals surface area (Å²) in [7, 11) is 2.95. The molecule has 2 rings (SSSR count). The molecule has 0 aliphatic carbocycles. The van der Waals surface area contributed by atoms with Crippen LogP contribution in [0.15, 0.2) is 36.4 Å². The van der Waals surface area contributed by atoms with E-state index in [0.29, 0.717) is 23.5 Å². The summed E-state index contributed by atoms with van der Waals surface area (Å²) in [6, 6.07) is 10.4. The van der Waals surface area contributed by atoms with E-state index in [2.05, 4.69) is 5.32 Å². The smallest absolute Gasteiger partial charge is 0.325 e. The Morgan fingerprint density at radius 2 is 1.57 bits per heavy atom. The monoisotopic (exact) mass is 413 g/mol. The molecule has 30 heavy (non-hydrogen) atoms. The van der Waals surface area contributed by atoms with E-state index in [9.17, 15) is 14.4 Å². The minimum Gasteiger partial charge on any atom is -0.497 e. The minimum absolute atomic E-state index is 0.264. The lowest BCUT2D eigenvalue weighted by molar-refractivity contribution is -0.141. The Morgan fingerprint density at radius 3 is 2.13 bits per heavy atom. The fourth-order valence-electron chi connectivity index (χ4n) is 2.88. The number of nitrogens with one attached hydrogen (secondary N) is 1. The summed E-state index contributed by atoms with van der Waals surface area (Å²) in [6.07, 6.45) is 1.52. The summed E-state index contributed by atoms with van der Waals surface area (Å²) in [4.78, 5) is 36.8. The molecule has 7 heteroatoms. The second kappa shape index (κ2) is 11.0. The first-order valence-electron chi connectivity index (χ1n) is 9.73. The lowest BCUT2D eigenvalue weighted by atomic mass is 9.98. The van der Waals surface area contributed by atoms with Gasteiger partial charge in [-0.15, -0.1) is 0 Å². The van der Waals surface area contributed by atoms with Crippen molar-refractivity contribution in [2.45, 2.75) is 26.7 Å². The number of ketones is 1. The van der Waals surface area contributed by atoms with Gasteiger partial charge in [0.2, 0.25) is 5.78 Å². The first kappa shape index (κ1) is 22.9. The van der Waals surface area contributed by atoms with Gasteiger partial charge in [0.15, 0.2) is 6.61 Å². The van der Waals surface area contributed by atoms with Crippen LogP contribution in [-0.2, 0) is 22.4 Å². The van der Waals surface area contributed by atoms with Crippen LogP contribution in [0.3, 0.4) is 0 Å². The normalized spacial score (nSPS) is 10.3. The molecule has 0 spiro atoms. The predicted molar refractivity (Wildman–Crippen MR) is 112 cm³/mol. The van der Waals surface area contributed by atoms with Crippen LogP contribution in [0.1, 0.15) is 45.7 Å². The Kier molecular flexibility index (Phi) is 8.41. The summed E-state index contributed by atoms with van der Waals surface area (Å²) in [5, 5.41) is 2.47. The van der Waals surface area contributed by atoms with Gasteiger partial charge in [-0.2, -0.15) is 0 Å². The van der Waals surface area contributed by atoms with E-state index in [1.807, 2.05) is 32.0 Å². The summed E-state index contributed by atoms with van der Waals surface area (Å²) < 4.78 is 15.3. The molecule has 0 aromatic heterocycles. The number of carbonyl (C=O) groups excluding carboxylic acids is 3. The maximum Gasteiger partial charge on any atom is 0.325 e. The highest BCUT2D eigenvalue weighted by Crippen LogP contribution is 2.22. The molecule has 0 fully saturated rings. The number of rotatable bonds is 10. The van der Waals surface area contributed by atoms with Crippen LogP contribution >= 0.6 is 0 Å². The molecule has 0 unspecified atom stereocenters. The van der Waals surface area contributed by atoms with Gasteiger partial charge < -0.3 is 19.5 Å². The number of methoxy groups -OCH3 is 2. The van der Waals surface area contributed by atoms with Crippen LogP contribution in [0.25, 0.3) is 0 Å². The van der Waals surface area contributed by atoms with E-state index in [1.54, 1.807) is 6.07 Å². The number of ether oxygens (including phenoxy) is 3. The molecule has 2 aromatic rings. The largest absolute Gasteiger partial charge is 0.497 e. The maximum atomic E-state index is 12.5. The second-order valence-corrected chi connectivity index (χ2v) is 6.57. The van der Waals surface area contributed by atoms with Crippen LogP contribution in [0.2, 0.25) is 0 Å². The van der Waals surface area contributed by atoms with Gasteiger partial charge in [0, 0.05) is 17.2 Å². The molecule has 1 N–H and O–H groups in total. The van der Waals surface area contributed by atoms with Gasteiger partial charge in [-0.1, -0.05) is 26.0 Å². The molecular weight excluding hydrogens is 386 g/mol. The highest BCUT2D eigenvalue weighted by molar-refractivity contribution is 6.00. The second-order valence-electron chi connectivity index (χ2n) is 6.57. The molecule has 0 radical (unpaired) electrons. The van der Waals surface area contributed by atoms with E-state index in [0.717, 1.165) is 17.5 Å². The summed E-state index contributed by atoms with van der Waals surface area (Å²) in [5.74, 6) is -0.544. The zero-order chi connectivity index (χ0) is 22.1. The average molecular weight is 413 g/mol. The average Bonchev–Trinajstić information content (AvgIpc) is 2.79. The number of amides is 1. The Labute approximate surface area is 176 Å². The SMILES string of the molecule is CCc1ccc(CC)c(C(=O)COC(=O)CNC(=O)c2cc(OC)cc(OC)c2)c1. The van der Waals surface area contributed by atoms with Gasteiger partial charge in [0.1, 0.15) is 18.0 Å². The Hall–Kier alpha value is -3.35. The zero-order valence-corrected chi connectivity index (χ0v) is 17.7. The summed E-state index contributed by atoms with van der Waals surface area (Å²) in [5.41, 5.74) is 2.80. The minimum atomic E-state index is -0.698. The molecule has 0 atom stereocenters. The van der Waals surface area contributed by atoms with Gasteiger partial charge >= 0.3 is 5.97 Å². The van der Waals surface area contributed by atoms with Crippen molar-refractivity contribution >= 4 is 17.7 Å². The lowest BCUT2D eigenvalue weighted by Crippen LogP contribution is -2.31. The van der Waals surface area contributed by atoms with Gasteiger partial charge in [-0.25, -0.2) is 0 Å². The molecule has 1 amide bonds. The fraction of sp³-hybridized carbons (Fsp3) is 0.348. The summed E-state index contributed by atoms with van der Waals surface area (Å²) in [6.45, 7) is 3.24. The quantitative estimate of drug-likeness (QED) is 0.476. The molecule has 160 valence electrons. The van der Waals surface area contributed by atoms with Crippen molar-refractivity contribution in [3.8, 4) is 11.5 Å². The Bertz CT molecular complexity index is 900. The van der Waals surface area contributed by atoms with Crippen LogP contribution in [0.5, 0.6) is 11.5 Å². The van der Waals surface area contributed by atoms with E-state index in [-0.39, 0.29) is 24.5 Å². The Morgan fingerprint density at radius 1 is 0.900 bits per heavy atom. The third-order valence-corrected chi connectivity index (χ3v) is 4.64. The number of hydrogen-bond donors (Lipinski definition) is 1. The molecule has 0 aliphatic rings. The fourth-order valence-corrected chi connectivity index (χ4v) is 2.88. The number of hydrogen-bond acceptors (Lipinski definition) is 6. The van der Waals surface area contributed by atoms with Gasteiger partial charge in [0.25, 0.3) is 5.91 Å². The summed E-state index contributed by atoms with van der Waals surface area (Å²) >= 11 is 0. The standard InChI is InChI=1S/C23H27NO6/c1-5-15-7-8-16(6-2)20(9-15)21(25)14-30-22(26)13-24-23(27)17-10-18(28-3)12-19(11-17)29-4/h7-12H,5-6,13-14H2,1-4H3,(H,24,27). The van der Waals surface area contributed by atoms with Crippen LogP contribution in [-0.4, -0.2) is 45.0 Å². The van der Waals surface area contributed by atoms with Crippen molar-refractivity contribution in [1.29, 1.82) is 0 Å². The van der Waals surface area contributed by atoms with Crippen molar-refractivity contribution in [3.05, 3.63) is 58.7 Å². The molecule has 7 nitrogen and oxygen atoms in total. The highest BCUT2D eigenvalue weighted by Gasteiger charge is 2.16. The van der Waals surface area contributed by atoms with Gasteiger partial charge in [-0.05, 0) is 42.2 Å². The molecule has 0 saturated carbocycles. The van der Waals surface area contributed by atoms with Crippen molar-refractivity contribution in [2.75, 3.05) is 27.4 Å².